The maximum absolute atomic E-state index is 12.6. The molecule has 2 rings (SSSR count). The Morgan fingerprint density at radius 3 is 2.42 bits per heavy atom. The van der Waals surface area contributed by atoms with Gasteiger partial charge in [-0.05, 0) is 37.0 Å². The molecule has 0 aromatic heterocycles. The summed E-state index contributed by atoms with van der Waals surface area (Å²) in [6.07, 6.45) is 3.04. The standard InChI is InChI=1S/C17H22N2O4S/c1-23-10-5-9-18-15(20)14(8-11-24-2)19-16(21)12-6-3-4-7-13(12)17(19)22/h3-4,6-7,14H,5,8-11H2,1-2H3,(H,18,20). The second kappa shape index (κ2) is 8.84. The molecular formula is C17H22N2O4S. The number of hydrogen-bond acceptors (Lipinski definition) is 5. The number of amides is 3. The number of carbonyl (C=O) groups is 3. The van der Waals surface area contributed by atoms with Gasteiger partial charge in [0.2, 0.25) is 5.91 Å². The Hall–Kier alpha value is -1.86. The summed E-state index contributed by atoms with van der Waals surface area (Å²) in [6, 6.07) is 5.90. The highest BCUT2D eigenvalue weighted by Crippen LogP contribution is 2.26. The molecule has 0 bridgehead atoms. The molecule has 0 aliphatic carbocycles. The van der Waals surface area contributed by atoms with E-state index in [4.69, 9.17) is 4.74 Å². The van der Waals surface area contributed by atoms with Gasteiger partial charge in [0.15, 0.2) is 0 Å². The topological polar surface area (TPSA) is 75.7 Å². The number of imide groups is 1. The molecule has 130 valence electrons. The molecule has 0 saturated heterocycles. The van der Waals surface area contributed by atoms with Crippen molar-refractivity contribution in [3.05, 3.63) is 35.4 Å². The van der Waals surface area contributed by atoms with Crippen LogP contribution in [-0.2, 0) is 9.53 Å². The smallest absolute Gasteiger partial charge is 0.262 e. The van der Waals surface area contributed by atoms with Crippen molar-refractivity contribution in [1.82, 2.24) is 10.2 Å². The van der Waals surface area contributed by atoms with Crippen molar-refractivity contribution in [2.24, 2.45) is 0 Å². The summed E-state index contributed by atoms with van der Waals surface area (Å²) in [5.41, 5.74) is 0.729. The zero-order valence-corrected chi connectivity index (χ0v) is 14.7. The first-order valence-corrected chi connectivity index (χ1v) is 9.23. The summed E-state index contributed by atoms with van der Waals surface area (Å²) in [5.74, 6) is -0.402. The summed E-state index contributed by atoms with van der Waals surface area (Å²) in [4.78, 5) is 38.8. The van der Waals surface area contributed by atoms with Gasteiger partial charge in [0.05, 0.1) is 11.1 Å². The normalized spacial score (nSPS) is 14.7. The maximum Gasteiger partial charge on any atom is 0.262 e. The Morgan fingerprint density at radius 1 is 1.25 bits per heavy atom. The van der Waals surface area contributed by atoms with E-state index in [1.165, 1.54) is 0 Å². The van der Waals surface area contributed by atoms with Gasteiger partial charge >= 0.3 is 0 Å². The van der Waals surface area contributed by atoms with E-state index in [0.29, 0.717) is 42.9 Å². The van der Waals surface area contributed by atoms with Crippen LogP contribution in [0.1, 0.15) is 33.6 Å². The van der Waals surface area contributed by atoms with Crippen molar-refractivity contribution in [1.29, 1.82) is 0 Å². The van der Waals surface area contributed by atoms with Crippen molar-refractivity contribution in [2.45, 2.75) is 18.9 Å². The van der Waals surface area contributed by atoms with Crippen molar-refractivity contribution in [2.75, 3.05) is 32.3 Å². The number of hydrogen-bond donors (Lipinski definition) is 1. The number of nitrogens with zero attached hydrogens (tertiary/aromatic N) is 1. The van der Waals surface area contributed by atoms with E-state index in [1.807, 2.05) is 6.26 Å². The number of nitrogens with one attached hydrogen (secondary N) is 1. The average molecular weight is 350 g/mol. The molecule has 0 fully saturated rings. The summed E-state index contributed by atoms with van der Waals surface area (Å²) in [6.45, 7) is 0.994. The van der Waals surface area contributed by atoms with Crippen LogP contribution in [0, 0.1) is 0 Å². The quantitative estimate of drug-likeness (QED) is 0.540. The van der Waals surface area contributed by atoms with E-state index in [1.54, 1.807) is 43.1 Å². The van der Waals surface area contributed by atoms with Crippen LogP contribution in [0.15, 0.2) is 24.3 Å². The second-order valence-electron chi connectivity index (χ2n) is 5.46. The molecular weight excluding hydrogens is 328 g/mol. The van der Waals surface area contributed by atoms with Crippen LogP contribution >= 0.6 is 11.8 Å². The minimum Gasteiger partial charge on any atom is -0.385 e. The van der Waals surface area contributed by atoms with Crippen LogP contribution in [0.5, 0.6) is 0 Å². The predicted molar refractivity (Wildman–Crippen MR) is 93.2 cm³/mol. The Bertz CT molecular complexity index is 585. The molecule has 1 aromatic rings. The van der Waals surface area contributed by atoms with Crippen LogP contribution in [-0.4, -0.2) is 60.9 Å². The van der Waals surface area contributed by atoms with E-state index in [2.05, 4.69) is 5.32 Å². The van der Waals surface area contributed by atoms with E-state index in [9.17, 15) is 14.4 Å². The third kappa shape index (κ3) is 3.96. The van der Waals surface area contributed by atoms with Crippen molar-refractivity contribution in [3.63, 3.8) is 0 Å². The highest BCUT2D eigenvalue weighted by Gasteiger charge is 2.42. The van der Waals surface area contributed by atoms with Gasteiger partial charge in [-0.2, -0.15) is 11.8 Å². The number of thioether (sulfide) groups is 1. The molecule has 7 heteroatoms. The average Bonchev–Trinajstić information content (AvgIpc) is 2.84. The molecule has 3 amide bonds. The summed E-state index contributed by atoms with van der Waals surface area (Å²) < 4.78 is 4.95. The number of fused-ring (bicyclic) bond motifs is 1. The lowest BCUT2D eigenvalue weighted by molar-refractivity contribution is -0.125. The molecule has 0 saturated carbocycles. The Balaban J connectivity index is 2.14. The van der Waals surface area contributed by atoms with Crippen LogP contribution in [0.3, 0.4) is 0 Å². The lowest BCUT2D eigenvalue weighted by Gasteiger charge is -2.25. The van der Waals surface area contributed by atoms with Crippen LogP contribution in [0.25, 0.3) is 0 Å². The first kappa shape index (κ1) is 18.5. The lowest BCUT2D eigenvalue weighted by Crippen LogP contribution is -2.50. The number of ether oxygens (including phenoxy) is 1. The third-order valence-corrected chi connectivity index (χ3v) is 4.50. The number of carbonyl (C=O) groups excluding carboxylic acids is 3. The van der Waals surface area contributed by atoms with Gasteiger partial charge in [0, 0.05) is 20.3 Å². The monoisotopic (exact) mass is 350 g/mol. The second-order valence-corrected chi connectivity index (χ2v) is 6.45. The first-order chi connectivity index (χ1) is 11.6. The van der Waals surface area contributed by atoms with Gasteiger partial charge < -0.3 is 10.1 Å². The van der Waals surface area contributed by atoms with Crippen LogP contribution in [0.4, 0.5) is 0 Å². The van der Waals surface area contributed by atoms with Crippen molar-refractivity contribution < 1.29 is 19.1 Å². The zero-order chi connectivity index (χ0) is 17.5. The molecule has 1 heterocycles. The highest BCUT2D eigenvalue weighted by atomic mass is 32.2. The fourth-order valence-electron chi connectivity index (χ4n) is 2.64. The Morgan fingerprint density at radius 2 is 1.88 bits per heavy atom. The highest BCUT2D eigenvalue weighted by molar-refractivity contribution is 7.98. The Kier molecular flexibility index (Phi) is 6.81. The van der Waals surface area contributed by atoms with Crippen molar-refractivity contribution in [3.8, 4) is 0 Å². The molecule has 1 aromatic carbocycles. The van der Waals surface area contributed by atoms with E-state index in [0.717, 1.165) is 4.90 Å². The number of rotatable bonds is 9. The fourth-order valence-corrected chi connectivity index (χ4v) is 3.10. The third-order valence-electron chi connectivity index (χ3n) is 3.86. The number of methoxy groups -OCH3 is 1. The van der Waals surface area contributed by atoms with Gasteiger partial charge in [-0.3, -0.25) is 19.3 Å². The molecule has 1 aliphatic heterocycles. The van der Waals surface area contributed by atoms with Crippen LogP contribution in [0.2, 0.25) is 0 Å². The zero-order valence-electron chi connectivity index (χ0n) is 13.9. The molecule has 1 aliphatic rings. The molecule has 1 atom stereocenters. The van der Waals surface area contributed by atoms with E-state index >= 15 is 0 Å². The fraction of sp³-hybridized carbons (Fsp3) is 0.471. The molecule has 6 nitrogen and oxygen atoms in total. The molecule has 1 unspecified atom stereocenters. The van der Waals surface area contributed by atoms with Gasteiger partial charge in [0.25, 0.3) is 11.8 Å². The SMILES string of the molecule is COCCCNC(=O)C(CCSC)N1C(=O)c2ccccc2C1=O. The van der Waals surface area contributed by atoms with Gasteiger partial charge in [-0.25, -0.2) is 0 Å². The lowest BCUT2D eigenvalue weighted by atomic mass is 10.1. The number of benzene rings is 1. The molecule has 0 radical (unpaired) electrons. The molecule has 24 heavy (non-hydrogen) atoms. The molecule has 1 N–H and O–H groups in total. The van der Waals surface area contributed by atoms with Gasteiger partial charge in [-0.1, -0.05) is 12.1 Å². The van der Waals surface area contributed by atoms with Gasteiger partial charge in [0.1, 0.15) is 6.04 Å². The summed E-state index contributed by atoms with van der Waals surface area (Å²) >= 11 is 1.58. The largest absolute Gasteiger partial charge is 0.385 e. The van der Waals surface area contributed by atoms with Crippen LogP contribution < -0.4 is 5.32 Å². The first-order valence-electron chi connectivity index (χ1n) is 7.84. The predicted octanol–water partition coefficient (Wildman–Crippen LogP) is 1.56. The van der Waals surface area contributed by atoms with E-state index < -0.39 is 17.9 Å². The summed E-state index contributed by atoms with van der Waals surface area (Å²) in [5, 5.41) is 2.80. The van der Waals surface area contributed by atoms with Crippen molar-refractivity contribution >= 4 is 29.5 Å². The summed E-state index contributed by atoms with van der Waals surface area (Å²) in [7, 11) is 1.60. The molecule has 0 spiro atoms. The maximum atomic E-state index is 12.6. The Labute approximate surface area is 145 Å². The minimum absolute atomic E-state index is 0.297. The van der Waals surface area contributed by atoms with E-state index in [-0.39, 0.29) is 5.91 Å². The minimum atomic E-state index is -0.785. The van der Waals surface area contributed by atoms with Gasteiger partial charge in [-0.15, -0.1) is 0 Å².